The second kappa shape index (κ2) is 4.72. The number of hydrogen-bond donors (Lipinski definition) is 0. The van der Waals surface area contributed by atoms with E-state index >= 15 is 0 Å². The van der Waals surface area contributed by atoms with Gasteiger partial charge in [0.1, 0.15) is 11.9 Å². The number of carbonyl (C=O) groups is 1. The second-order valence-electron chi connectivity index (χ2n) is 2.79. The van der Waals surface area contributed by atoms with Crippen LogP contribution in [0.1, 0.15) is 22.9 Å². The Labute approximate surface area is 99.2 Å². The lowest BCUT2D eigenvalue weighted by molar-refractivity contribution is -0.116. The normalized spacial score (nSPS) is 11.9. The van der Waals surface area contributed by atoms with Crippen LogP contribution in [0.15, 0.2) is 22.7 Å². The molecule has 1 unspecified atom stereocenters. The molecule has 0 fully saturated rings. The van der Waals surface area contributed by atoms with Crippen molar-refractivity contribution < 1.29 is 4.79 Å². The Morgan fingerprint density at radius 1 is 1.57 bits per heavy atom. The number of carbonyl (C=O) groups excluding carboxylic acids is 1. The number of alkyl halides is 1. The molecule has 14 heavy (non-hydrogen) atoms. The minimum absolute atomic E-state index is 0.0146. The van der Waals surface area contributed by atoms with Crippen LogP contribution in [0.4, 0.5) is 0 Å². The van der Waals surface area contributed by atoms with Crippen LogP contribution < -0.4 is 0 Å². The first-order valence-corrected chi connectivity index (χ1v) is 5.61. The average molecular weight is 317 g/mol. The maximum atomic E-state index is 11.1. The minimum Gasteiger partial charge on any atom is -0.298 e. The summed E-state index contributed by atoms with van der Waals surface area (Å²) in [5.41, 5.74) is 1.32. The first-order valence-electron chi connectivity index (χ1n) is 3.91. The predicted molar refractivity (Wildman–Crippen MR) is 61.2 cm³/mol. The monoisotopic (exact) mass is 315 g/mol. The zero-order valence-corrected chi connectivity index (χ0v) is 10.6. The summed E-state index contributed by atoms with van der Waals surface area (Å²) in [7, 11) is 0. The number of ketones is 1. The summed E-state index contributed by atoms with van der Waals surface area (Å²) >= 11 is 6.58. The highest BCUT2D eigenvalue weighted by Crippen LogP contribution is 2.32. The molecule has 0 saturated heterocycles. The number of halogens is 2. The van der Waals surface area contributed by atoms with Crippen LogP contribution in [0, 0.1) is 11.3 Å². The molecule has 0 heterocycles. The number of rotatable bonds is 2. The smallest absolute Gasteiger partial charge is 0.147 e. The van der Waals surface area contributed by atoms with Gasteiger partial charge in [0.05, 0.1) is 10.4 Å². The lowest BCUT2D eigenvalue weighted by Gasteiger charge is -2.09. The largest absolute Gasteiger partial charge is 0.298 e. The summed E-state index contributed by atoms with van der Waals surface area (Å²) in [6.45, 7) is 1.50. The van der Waals surface area contributed by atoms with E-state index in [0.717, 1.165) is 5.56 Å². The summed E-state index contributed by atoms with van der Waals surface area (Å²) in [4.78, 5) is 10.8. The van der Waals surface area contributed by atoms with E-state index in [9.17, 15) is 4.79 Å². The van der Waals surface area contributed by atoms with Gasteiger partial charge in [-0.05, 0) is 34.5 Å². The zero-order valence-electron chi connectivity index (χ0n) is 7.42. The van der Waals surface area contributed by atoms with Gasteiger partial charge in [-0.1, -0.05) is 28.1 Å². The van der Waals surface area contributed by atoms with Crippen LogP contribution in [-0.4, -0.2) is 5.78 Å². The molecule has 0 aliphatic carbocycles. The molecule has 4 heteroatoms. The third-order valence-corrected chi connectivity index (χ3v) is 3.80. The Balaban J connectivity index is 3.24. The molecule has 72 valence electrons. The summed E-state index contributed by atoms with van der Waals surface area (Å²) in [5.74, 6) is 0.0146. The fourth-order valence-electron chi connectivity index (χ4n) is 1.05. The van der Waals surface area contributed by atoms with E-state index < -0.39 is 0 Å². The molecule has 0 N–H and O–H groups in total. The Kier molecular flexibility index (Phi) is 3.85. The van der Waals surface area contributed by atoms with Crippen molar-refractivity contribution in [3.05, 3.63) is 33.8 Å². The summed E-state index contributed by atoms with van der Waals surface area (Å²) < 4.78 is 0.680. The standard InChI is InChI=1S/C10H7Br2NO/c1-6(14)9(11)8-4-2-3-7(5-13)10(8)12/h2-4,9H,1H3. The molecular weight excluding hydrogens is 310 g/mol. The highest BCUT2D eigenvalue weighted by Gasteiger charge is 2.16. The number of nitriles is 1. The van der Waals surface area contributed by atoms with Gasteiger partial charge in [-0.2, -0.15) is 5.26 Å². The lowest BCUT2D eigenvalue weighted by Crippen LogP contribution is -2.02. The van der Waals surface area contributed by atoms with E-state index in [0.29, 0.717) is 10.0 Å². The predicted octanol–water partition coefficient (Wildman–Crippen LogP) is 3.35. The maximum absolute atomic E-state index is 11.1. The van der Waals surface area contributed by atoms with E-state index in [1.807, 2.05) is 6.07 Å². The van der Waals surface area contributed by atoms with E-state index in [4.69, 9.17) is 5.26 Å². The fourth-order valence-corrected chi connectivity index (χ4v) is 2.32. The molecule has 1 aromatic rings. The topological polar surface area (TPSA) is 40.9 Å². The van der Waals surface area contributed by atoms with Crippen LogP contribution >= 0.6 is 31.9 Å². The van der Waals surface area contributed by atoms with Crippen LogP contribution in [0.3, 0.4) is 0 Å². The van der Waals surface area contributed by atoms with Gasteiger partial charge in [0, 0.05) is 4.47 Å². The van der Waals surface area contributed by atoms with Crippen LogP contribution in [-0.2, 0) is 4.79 Å². The van der Waals surface area contributed by atoms with Crippen molar-refractivity contribution in [3.63, 3.8) is 0 Å². The van der Waals surface area contributed by atoms with Crippen LogP contribution in [0.25, 0.3) is 0 Å². The van der Waals surface area contributed by atoms with Crippen LogP contribution in [0.5, 0.6) is 0 Å². The van der Waals surface area contributed by atoms with Crippen molar-refractivity contribution in [3.8, 4) is 6.07 Å². The third-order valence-electron chi connectivity index (χ3n) is 1.78. The molecule has 2 nitrogen and oxygen atoms in total. The van der Waals surface area contributed by atoms with Crippen LogP contribution in [0.2, 0.25) is 0 Å². The SMILES string of the molecule is CC(=O)C(Br)c1cccc(C#N)c1Br. The summed E-state index contributed by atoms with van der Waals surface area (Å²) in [6.07, 6.45) is 0. The molecule has 0 amide bonds. The van der Waals surface area contributed by atoms with Crippen molar-refractivity contribution in [2.45, 2.75) is 11.8 Å². The molecule has 0 saturated carbocycles. The number of Topliss-reactive ketones (excluding diaryl/α,β-unsaturated/α-hetero) is 1. The van der Waals surface area contributed by atoms with Crippen molar-refractivity contribution in [2.75, 3.05) is 0 Å². The van der Waals surface area contributed by atoms with Crippen molar-refractivity contribution in [1.82, 2.24) is 0 Å². The van der Waals surface area contributed by atoms with Gasteiger partial charge in [0.15, 0.2) is 0 Å². The van der Waals surface area contributed by atoms with Gasteiger partial charge in [0.2, 0.25) is 0 Å². The number of hydrogen-bond acceptors (Lipinski definition) is 2. The van der Waals surface area contributed by atoms with Crippen molar-refractivity contribution in [2.24, 2.45) is 0 Å². The molecule has 1 atom stereocenters. The van der Waals surface area contributed by atoms with E-state index in [1.54, 1.807) is 12.1 Å². The van der Waals surface area contributed by atoms with Gasteiger partial charge < -0.3 is 0 Å². The van der Waals surface area contributed by atoms with Gasteiger partial charge in [0.25, 0.3) is 0 Å². The Bertz CT molecular complexity index is 409. The minimum atomic E-state index is -0.356. The highest BCUT2D eigenvalue weighted by atomic mass is 79.9. The van der Waals surface area contributed by atoms with Gasteiger partial charge in [-0.15, -0.1) is 0 Å². The molecule has 1 aromatic carbocycles. The highest BCUT2D eigenvalue weighted by molar-refractivity contribution is 9.11. The van der Waals surface area contributed by atoms with Crippen molar-refractivity contribution in [1.29, 1.82) is 5.26 Å². The molecular formula is C10H7Br2NO. The molecule has 0 aliphatic rings. The molecule has 0 bridgehead atoms. The quantitative estimate of drug-likeness (QED) is 0.785. The lowest BCUT2D eigenvalue weighted by atomic mass is 10.1. The van der Waals surface area contributed by atoms with E-state index in [-0.39, 0.29) is 10.6 Å². The first-order chi connectivity index (χ1) is 6.57. The molecule has 0 aliphatic heterocycles. The van der Waals surface area contributed by atoms with Crippen molar-refractivity contribution >= 4 is 37.6 Å². The van der Waals surface area contributed by atoms with Gasteiger partial charge in [-0.3, -0.25) is 4.79 Å². The Morgan fingerprint density at radius 3 is 2.71 bits per heavy atom. The maximum Gasteiger partial charge on any atom is 0.147 e. The van der Waals surface area contributed by atoms with Gasteiger partial charge >= 0.3 is 0 Å². The first kappa shape index (κ1) is 11.4. The summed E-state index contributed by atoms with van der Waals surface area (Å²) in [5, 5.41) is 8.78. The van der Waals surface area contributed by atoms with E-state index in [1.165, 1.54) is 6.92 Å². The zero-order chi connectivity index (χ0) is 10.7. The molecule has 0 spiro atoms. The summed E-state index contributed by atoms with van der Waals surface area (Å²) in [6, 6.07) is 7.32. The molecule has 1 rings (SSSR count). The fraction of sp³-hybridized carbons (Fsp3) is 0.200. The van der Waals surface area contributed by atoms with E-state index in [2.05, 4.69) is 37.9 Å². The van der Waals surface area contributed by atoms with Gasteiger partial charge in [-0.25, -0.2) is 0 Å². The number of benzene rings is 1. The molecule has 0 aromatic heterocycles. The Hall–Kier alpha value is -0.660. The Morgan fingerprint density at radius 2 is 2.21 bits per heavy atom. The average Bonchev–Trinajstić information content (AvgIpc) is 2.17. The second-order valence-corrected chi connectivity index (χ2v) is 4.50. The number of nitrogens with zero attached hydrogens (tertiary/aromatic N) is 1. The third kappa shape index (κ3) is 2.23. The molecule has 0 radical (unpaired) electrons.